The lowest BCUT2D eigenvalue weighted by molar-refractivity contribution is -0.124. The molecule has 0 aliphatic carbocycles. The summed E-state index contributed by atoms with van der Waals surface area (Å²) in [6.07, 6.45) is 0. The Bertz CT molecular complexity index is 812. The average Bonchev–Trinajstić information content (AvgIpc) is 2.60. The smallest absolute Gasteiger partial charge is 0.258 e. The van der Waals surface area contributed by atoms with Crippen LogP contribution in [0.25, 0.3) is 10.9 Å². The molecule has 1 amide bonds. The number of fused-ring (bicyclic) bond motifs is 2. The number of hydrogen-bond acceptors (Lipinski definition) is 4. The van der Waals surface area contributed by atoms with Crippen LogP contribution in [0.2, 0.25) is 0 Å². The minimum absolute atomic E-state index is 0.0391. The van der Waals surface area contributed by atoms with E-state index in [4.69, 9.17) is 4.74 Å². The fraction of sp³-hybridized carbons (Fsp3) is 0.400. The summed E-state index contributed by atoms with van der Waals surface area (Å²) in [5, 5.41) is 0.487. The van der Waals surface area contributed by atoms with Gasteiger partial charge in [-0.15, -0.1) is 0 Å². The monoisotopic (exact) mass is 287 g/mol. The van der Waals surface area contributed by atoms with E-state index in [1.54, 1.807) is 32.0 Å². The third-order valence-corrected chi connectivity index (χ3v) is 4.11. The second-order valence-corrected chi connectivity index (χ2v) is 5.67. The fourth-order valence-corrected chi connectivity index (χ4v) is 3.03. The van der Waals surface area contributed by atoms with Crippen LogP contribution in [0.1, 0.15) is 18.3 Å². The first-order valence-electron chi connectivity index (χ1n) is 6.71. The largest absolute Gasteiger partial charge is 0.383 e. The molecule has 0 spiro atoms. The molecule has 0 bridgehead atoms. The Balaban J connectivity index is 2.35. The molecule has 1 aromatic heterocycles. The van der Waals surface area contributed by atoms with Gasteiger partial charge in [0.2, 0.25) is 5.91 Å². The van der Waals surface area contributed by atoms with E-state index in [2.05, 4.69) is 9.97 Å². The molecule has 110 valence electrons. The summed E-state index contributed by atoms with van der Waals surface area (Å²) in [5.41, 5.74) is 1.25. The maximum atomic E-state index is 12.5. The van der Waals surface area contributed by atoms with Crippen LogP contribution >= 0.6 is 0 Å². The Hall–Kier alpha value is -2.21. The van der Waals surface area contributed by atoms with Gasteiger partial charge >= 0.3 is 0 Å². The molecule has 2 heterocycles. The number of hydrogen-bond donors (Lipinski definition) is 1. The van der Waals surface area contributed by atoms with E-state index in [-0.39, 0.29) is 18.1 Å². The molecular weight excluding hydrogens is 270 g/mol. The van der Waals surface area contributed by atoms with Crippen molar-refractivity contribution >= 4 is 22.5 Å². The van der Waals surface area contributed by atoms with E-state index >= 15 is 0 Å². The van der Waals surface area contributed by atoms with Gasteiger partial charge in [0.05, 0.1) is 22.9 Å². The van der Waals surface area contributed by atoms with E-state index in [0.717, 1.165) is 11.3 Å². The summed E-state index contributed by atoms with van der Waals surface area (Å²) < 4.78 is 5.23. The topological polar surface area (TPSA) is 75.3 Å². The average molecular weight is 287 g/mol. The number of H-pyrrole nitrogens is 1. The Labute approximate surface area is 121 Å². The van der Waals surface area contributed by atoms with Crippen molar-refractivity contribution in [2.75, 3.05) is 25.7 Å². The Morgan fingerprint density at radius 1 is 1.38 bits per heavy atom. The van der Waals surface area contributed by atoms with Gasteiger partial charge in [0.1, 0.15) is 5.82 Å². The number of rotatable bonds is 2. The highest BCUT2D eigenvalue weighted by atomic mass is 16.5. The summed E-state index contributed by atoms with van der Waals surface area (Å²) in [6.45, 7) is 3.88. The number of likely N-dealkylation sites (N-methyl/N-ethyl adjacent to an activating group) is 1. The second kappa shape index (κ2) is 4.39. The van der Waals surface area contributed by atoms with Crippen molar-refractivity contribution in [3.63, 3.8) is 0 Å². The molecule has 1 atom stereocenters. The molecule has 0 saturated carbocycles. The number of aryl methyl sites for hydroxylation is 1. The number of carbonyl (C=O) groups excluding carboxylic acids is 1. The summed E-state index contributed by atoms with van der Waals surface area (Å²) in [5.74, 6) is 0.515. The Morgan fingerprint density at radius 2 is 2.10 bits per heavy atom. The summed E-state index contributed by atoms with van der Waals surface area (Å²) in [7, 11) is 3.29. The van der Waals surface area contributed by atoms with Gasteiger partial charge in [-0.25, -0.2) is 4.98 Å². The van der Waals surface area contributed by atoms with Crippen molar-refractivity contribution in [1.82, 2.24) is 9.97 Å². The zero-order valence-corrected chi connectivity index (χ0v) is 12.5. The number of carbonyl (C=O) groups is 1. The molecule has 21 heavy (non-hydrogen) atoms. The van der Waals surface area contributed by atoms with Gasteiger partial charge < -0.3 is 14.6 Å². The quantitative estimate of drug-likeness (QED) is 0.898. The molecule has 3 rings (SSSR count). The Morgan fingerprint density at radius 3 is 2.76 bits per heavy atom. The maximum absolute atomic E-state index is 12.5. The van der Waals surface area contributed by atoms with Gasteiger partial charge in [0.25, 0.3) is 5.56 Å². The predicted octanol–water partition coefficient (Wildman–Crippen LogP) is 1.11. The summed E-state index contributed by atoms with van der Waals surface area (Å²) in [4.78, 5) is 33.2. The van der Waals surface area contributed by atoms with Crippen LogP contribution < -0.4 is 10.5 Å². The second-order valence-electron chi connectivity index (χ2n) is 5.67. The first kappa shape index (κ1) is 13.8. The highest BCUT2D eigenvalue weighted by molar-refractivity contribution is 6.09. The van der Waals surface area contributed by atoms with Gasteiger partial charge in [-0.05, 0) is 31.5 Å². The van der Waals surface area contributed by atoms with E-state index in [9.17, 15) is 9.59 Å². The van der Waals surface area contributed by atoms with Gasteiger partial charge in [0.15, 0.2) is 0 Å². The minimum atomic E-state index is -0.745. The van der Waals surface area contributed by atoms with Crippen LogP contribution in [0.5, 0.6) is 0 Å². The van der Waals surface area contributed by atoms with Crippen LogP contribution in [0.4, 0.5) is 5.69 Å². The number of amides is 1. The number of ether oxygens (including phenoxy) is 1. The molecule has 1 aliphatic heterocycles. The lowest BCUT2D eigenvalue weighted by Gasteiger charge is -2.21. The lowest BCUT2D eigenvalue weighted by atomic mass is 9.84. The molecule has 0 fully saturated rings. The van der Waals surface area contributed by atoms with Gasteiger partial charge in [-0.1, -0.05) is 0 Å². The molecule has 1 N–H and O–H groups in total. The third kappa shape index (κ3) is 1.79. The molecule has 1 aromatic carbocycles. The van der Waals surface area contributed by atoms with Crippen molar-refractivity contribution in [2.24, 2.45) is 0 Å². The SMILES string of the molecule is COCC1(C)C(=O)N(C)c2cc3c(=O)[nH]c(C)nc3cc21. The van der Waals surface area contributed by atoms with Crippen LogP contribution in [0.3, 0.4) is 0 Å². The molecule has 1 unspecified atom stereocenters. The number of aromatic nitrogens is 2. The van der Waals surface area contributed by atoms with Gasteiger partial charge in [0, 0.05) is 19.8 Å². The molecule has 6 nitrogen and oxygen atoms in total. The highest BCUT2D eigenvalue weighted by Gasteiger charge is 2.46. The van der Waals surface area contributed by atoms with E-state index in [1.807, 2.05) is 13.0 Å². The predicted molar refractivity (Wildman–Crippen MR) is 79.7 cm³/mol. The van der Waals surface area contributed by atoms with Gasteiger partial charge in [-0.2, -0.15) is 0 Å². The lowest BCUT2D eigenvalue weighted by Crippen LogP contribution is -2.39. The standard InChI is InChI=1S/C15H17N3O3/c1-8-16-11-6-10-12(5-9(11)13(19)17-8)18(3)14(20)15(10,2)7-21-4/h5-6H,7H2,1-4H3,(H,16,17,19). The number of aromatic amines is 1. The number of benzene rings is 1. The summed E-state index contributed by atoms with van der Waals surface area (Å²) >= 11 is 0. The number of nitrogens with one attached hydrogen (secondary N) is 1. The minimum Gasteiger partial charge on any atom is -0.383 e. The number of methoxy groups -OCH3 is 1. The van der Waals surface area contributed by atoms with Gasteiger partial charge in [-0.3, -0.25) is 9.59 Å². The number of anilines is 1. The van der Waals surface area contributed by atoms with Crippen molar-refractivity contribution in [3.05, 3.63) is 33.9 Å². The van der Waals surface area contributed by atoms with Crippen LogP contribution in [-0.2, 0) is 14.9 Å². The molecule has 1 aliphatic rings. The molecular formula is C15H17N3O3. The van der Waals surface area contributed by atoms with Crippen molar-refractivity contribution in [2.45, 2.75) is 19.3 Å². The number of nitrogens with zero attached hydrogens (tertiary/aromatic N) is 2. The molecule has 6 heteroatoms. The first-order valence-corrected chi connectivity index (χ1v) is 6.71. The normalized spacial score (nSPS) is 21.1. The van der Waals surface area contributed by atoms with Crippen LogP contribution in [-0.4, -0.2) is 36.6 Å². The highest BCUT2D eigenvalue weighted by Crippen LogP contribution is 2.42. The van der Waals surface area contributed by atoms with E-state index in [0.29, 0.717) is 16.7 Å². The first-order chi connectivity index (χ1) is 9.88. The third-order valence-electron chi connectivity index (χ3n) is 4.11. The molecule has 0 radical (unpaired) electrons. The zero-order valence-electron chi connectivity index (χ0n) is 12.5. The van der Waals surface area contributed by atoms with Crippen molar-refractivity contribution < 1.29 is 9.53 Å². The Kier molecular flexibility index (Phi) is 2.88. The zero-order chi connectivity index (χ0) is 15.4. The van der Waals surface area contributed by atoms with Crippen molar-refractivity contribution in [1.29, 1.82) is 0 Å². The molecule has 0 saturated heterocycles. The van der Waals surface area contributed by atoms with Crippen molar-refractivity contribution in [3.8, 4) is 0 Å². The van der Waals surface area contributed by atoms with Crippen LogP contribution in [0, 0.1) is 6.92 Å². The fourth-order valence-electron chi connectivity index (χ4n) is 3.03. The summed E-state index contributed by atoms with van der Waals surface area (Å²) in [6, 6.07) is 3.56. The maximum Gasteiger partial charge on any atom is 0.258 e. The van der Waals surface area contributed by atoms with E-state index < -0.39 is 5.41 Å². The van der Waals surface area contributed by atoms with Crippen LogP contribution in [0.15, 0.2) is 16.9 Å². The molecule has 2 aromatic rings. The van der Waals surface area contributed by atoms with E-state index in [1.165, 1.54) is 0 Å².